The quantitative estimate of drug-likeness (QED) is 0.778. The van der Waals surface area contributed by atoms with E-state index in [1.54, 1.807) is 12.1 Å². The van der Waals surface area contributed by atoms with Crippen LogP contribution in [-0.4, -0.2) is 62.9 Å². The van der Waals surface area contributed by atoms with Crippen LogP contribution in [0, 0.1) is 0 Å². The lowest BCUT2D eigenvalue weighted by atomic mass is 10.2. The fraction of sp³-hybridized carbons (Fsp3) is 0.389. The van der Waals surface area contributed by atoms with Crippen molar-refractivity contribution in [3.05, 3.63) is 53.2 Å². The Morgan fingerprint density at radius 2 is 1.81 bits per heavy atom. The Balaban J connectivity index is 1.72. The van der Waals surface area contributed by atoms with Crippen LogP contribution in [-0.2, 0) is 16.6 Å². The highest BCUT2D eigenvalue weighted by molar-refractivity contribution is 7.89. The monoisotopic (exact) mass is 394 g/mol. The Morgan fingerprint density at radius 1 is 1.12 bits per heavy atom. The van der Waals surface area contributed by atoms with E-state index in [9.17, 15) is 8.42 Å². The number of hydrogen-bond donors (Lipinski definition) is 0. The van der Waals surface area contributed by atoms with Crippen LogP contribution in [0.5, 0.6) is 0 Å². The molecule has 26 heavy (non-hydrogen) atoms. The van der Waals surface area contributed by atoms with Crippen molar-refractivity contribution in [2.24, 2.45) is 0 Å². The first-order valence-corrected chi connectivity index (χ1v) is 10.3. The van der Waals surface area contributed by atoms with Crippen LogP contribution in [0.2, 0.25) is 5.02 Å². The van der Waals surface area contributed by atoms with Gasteiger partial charge in [0.2, 0.25) is 10.0 Å². The second-order valence-electron chi connectivity index (χ2n) is 6.51. The normalized spacial score (nSPS) is 16.6. The number of likely N-dealkylation sites (N-methyl/N-ethyl adjacent to an activating group) is 1. The average Bonchev–Trinajstić information content (AvgIpc) is 2.64. The smallest absolute Gasteiger partial charge is 0.244 e. The minimum atomic E-state index is -3.49. The zero-order chi connectivity index (χ0) is 18.7. The summed E-state index contributed by atoms with van der Waals surface area (Å²) >= 11 is 6.20. The lowest BCUT2D eigenvalue weighted by Gasteiger charge is -2.31. The van der Waals surface area contributed by atoms with Gasteiger partial charge in [-0.25, -0.2) is 13.4 Å². The number of piperazine rings is 1. The Bertz CT molecular complexity index is 850. The van der Waals surface area contributed by atoms with Gasteiger partial charge >= 0.3 is 0 Å². The van der Waals surface area contributed by atoms with Gasteiger partial charge in [0.25, 0.3) is 0 Å². The summed E-state index contributed by atoms with van der Waals surface area (Å²) < 4.78 is 27.0. The van der Waals surface area contributed by atoms with E-state index in [4.69, 9.17) is 11.6 Å². The van der Waals surface area contributed by atoms with Crippen molar-refractivity contribution in [1.82, 2.24) is 14.2 Å². The van der Waals surface area contributed by atoms with Crippen molar-refractivity contribution in [3.63, 3.8) is 0 Å². The summed E-state index contributed by atoms with van der Waals surface area (Å²) in [5.41, 5.74) is 0.993. The van der Waals surface area contributed by atoms with Gasteiger partial charge in [-0.05, 0) is 30.8 Å². The van der Waals surface area contributed by atoms with Gasteiger partial charge in [0.05, 0.1) is 0 Å². The molecule has 0 radical (unpaired) electrons. The number of benzene rings is 1. The molecule has 1 aliphatic heterocycles. The number of pyridine rings is 1. The van der Waals surface area contributed by atoms with Crippen LogP contribution in [0.15, 0.2) is 47.5 Å². The van der Waals surface area contributed by atoms with E-state index < -0.39 is 10.0 Å². The Kier molecular flexibility index (Phi) is 5.82. The Morgan fingerprint density at radius 3 is 2.42 bits per heavy atom. The molecule has 1 saturated heterocycles. The van der Waals surface area contributed by atoms with Crippen LogP contribution < -0.4 is 4.90 Å². The first-order valence-electron chi connectivity index (χ1n) is 8.47. The van der Waals surface area contributed by atoms with Crippen molar-refractivity contribution in [2.45, 2.75) is 11.4 Å². The molecule has 2 aromatic rings. The van der Waals surface area contributed by atoms with Gasteiger partial charge in [-0.3, -0.25) is 0 Å². The zero-order valence-electron chi connectivity index (χ0n) is 15.0. The molecule has 3 rings (SSSR count). The molecule has 0 saturated carbocycles. The lowest BCUT2D eigenvalue weighted by molar-refractivity contribution is 0.222. The first kappa shape index (κ1) is 19.1. The topological polar surface area (TPSA) is 56.8 Å². The van der Waals surface area contributed by atoms with Crippen molar-refractivity contribution >= 4 is 27.4 Å². The summed E-state index contributed by atoms with van der Waals surface area (Å²) in [5, 5.41) is 0.702. The van der Waals surface area contributed by atoms with Gasteiger partial charge in [-0.2, -0.15) is 4.31 Å². The third-order valence-electron chi connectivity index (χ3n) is 4.58. The van der Waals surface area contributed by atoms with Crippen LogP contribution in [0.25, 0.3) is 0 Å². The first-order chi connectivity index (χ1) is 12.4. The summed E-state index contributed by atoms with van der Waals surface area (Å²) in [6.45, 7) is 3.09. The van der Waals surface area contributed by atoms with Crippen LogP contribution in [0.1, 0.15) is 5.56 Å². The standard InChI is InChI=1S/C18H23ClN4O2S/c1-21-9-11-23(12-10-21)26(24,25)16-7-8-18(20-13-16)22(2)14-15-5-3-4-6-17(15)19/h3-8,13H,9-12,14H2,1-2H3. The van der Waals surface area contributed by atoms with E-state index in [1.807, 2.05) is 43.3 Å². The number of anilines is 1. The summed E-state index contributed by atoms with van der Waals surface area (Å²) in [5.74, 6) is 0.697. The van der Waals surface area contributed by atoms with Crippen molar-refractivity contribution in [1.29, 1.82) is 0 Å². The Hall–Kier alpha value is -1.67. The van der Waals surface area contributed by atoms with Crippen molar-refractivity contribution in [3.8, 4) is 0 Å². The van der Waals surface area contributed by atoms with Gasteiger partial charge in [0.1, 0.15) is 10.7 Å². The molecule has 140 valence electrons. The fourth-order valence-electron chi connectivity index (χ4n) is 2.89. The van der Waals surface area contributed by atoms with Gasteiger partial charge in [0.15, 0.2) is 0 Å². The summed E-state index contributed by atoms with van der Waals surface area (Å²) in [6, 6.07) is 11.0. The molecular formula is C18H23ClN4O2S. The molecule has 2 heterocycles. The van der Waals surface area contributed by atoms with E-state index >= 15 is 0 Å². The minimum absolute atomic E-state index is 0.233. The maximum absolute atomic E-state index is 12.7. The molecule has 0 bridgehead atoms. The van der Waals surface area contributed by atoms with Crippen molar-refractivity contribution < 1.29 is 8.42 Å². The minimum Gasteiger partial charge on any atom is -0.355 e. The third kappa shape index (κ3) is 4.17. The van der Waals surface area contributed by atoms with Crippen molar-refractivity contribution in [2.75, 3.05) is 45.2 Å². The molecule has 0 atom stereocenters. The number of halogens is 1. The van der Waals surface area contributed by atoms with Gasteiger partial charge in [0, 0.05) is 51.0 Å². The Labute approximate surface area is 160 Å². The fourth-order valence-corrected chi connectivity index (χ4v) is 4.46. The van der Waals surface area contributed by atoms with E-state index in [1.165, 1.54) is 10.5 Å². The predicted octanol–water partition coefficient (Wildman–Crippen LogP) is 2.31. The van der Waals surface area contributed by atoms with Crippen LogP contribution >= 0.6 is 11.6 Å². The second-order valence-corrected chi connectivity index (χ2v) is 8.85. The molecule has 8 heteroatoms. The highest BCUT2D eigenvalue weighted by atomic mass is 35.5. The largest absolute Gasteiger partial charge is 0.355 e. The average molecular weight is 395 g/mol. The number of sulfonamides is 1. The lowest BCUT2D eigenvalue weighted by Crippen LogP contribution is -2.47. The van der Waals surface area contributed by atoms with Crippen LogP contribution in [0.4, 0.5) is 5.82 Å². The molecule has 1 aromatic carbocycles. The molecule has 0 N–H and O–H groups in total. The second kappa shape index (κ2) is 7.92. The predicted molar refractivity (Wildman–Crippen MR) is 104 cm³/mol. The number of aromatic nitrogens is 1. The summed E-state index contributed by atoms with van der Waals surface area (Å²) in [7, 11) is 0.409. The number of hydrogen-bond acceptors (Lipinski definition) is 5. The molecule has 1 fully saturated rings. The van der Waals surface area contributed by atoms with Gasteiger partial charge in [-0.1, -0.05) is 29.8 Å². The maximum Gasteiger partial charge on any atom is 0.244 e. The van der Waals surface area contributed by atoms with Gasteiger partial charge in [-0.15, -0.1) is 0 Å². The molecule has 0 unspecified atom stereocenters. The number of rotatable bonds is 5. The van der Waals surface area contributed by atoms with Gasteiger partial charge < -0.3 is 9.80 Å². The molecule has 1 aromatic heterocycles. The summed E-state index contributed by atoms with van der Waals surface area (Å²) in [6.07, 6.45) is 1.44. The zero-order valence-corrected chi connectivity index (χ0v) is 16.5. The molecule has 0 aliphatic carbocycles. The van der Waals surface area contributed by atoms with Crippen LogP contribution in [0.3, 0.4) is 0 Å². The third-order valence-corrected chi connectivity index (χ3v) is 6.83. The highest BCUT2D eigenvalue weighted by Gasteiger charge is 2.27. The molecule has 0 amide bonds. The molecule has 6 nitrogen and oxygen atoms in total. The van der Waals surface area contributed by atoms with E-state index in [-0.39, 0.29) is 4.90 Å². The number of nitrogens with zero attached hydrogens (tertiary/aromatic N) is 4. The summed E-state index contributed by atoms with van der Waals surface area (Å²) in [4.78, 5) is 8.64. The van der Waals surface area contributed by atoms with E-state index in [0.717, 1.165) is 18.7 Å². The highest BCUT2D eigenvalue weighted by Crippen LogP contribution is 2.22. The van der Waals surface area contributed by atoms with E-state index in [2.05, 4.69) is 9.88 Å². The SMILES string of the molecule is CN1CCN(S(=O)(=O)c2ccc(N(C)Cc3ccccc3Cl)nc2)CC1. The molecule has 1 aliphatic rings. The molecular weight excluding hydrogens is 372 g/mol. The van der Waals surface area contributed by atoms with E-state index in [0.29, 0.717) is 30.5 Å². The maximum atomic E-state index is 12.7. The molecule has 0 spiro atoms.